The highest BCUT2D eigenvalue weighted by molar-refractivity contribution is 4.90. The SMILES string of the molecule is CCCCCCCCCC(F)C(F)(F)[C](F)F. The molecule has 0 amide bonds. The Labute approximate surface area is 99.6 Å². The molecule has 0 nitrogen and oxygen atoms in total. The molecule has 0 spiro atoms. The summed E-state index contributed by atoms with van der Waals surface area (Å²) < 4.78 is 61.1. The first kappa shape index (κ1) is 16.6. The van der Waals surface area contributed by atoms with Gasteiger partial charge in [-0.1, -0.05) is 51.9 Å². The lowest BCUT2D eigenvalue weighted by atomic mass is 10.0. The van der Waals surface area contributed by atoms with Crippen molar-refractivity contribution < 1.29 is 22.0 Å². The molecule has 5 heteroatoms. The Bertz CT molecular complexity index is 182. The van der Waals surface area contributed by atoms with Crippen LogP contribution in [0.3, 0.4) is 0 Å². The van der Waals surface area contributed by atoms with Gasteiger partial charge in [-0.15, -0.1) is 0 Å². The molecule has 0 aliphatic carbocycles. The van der Waals surface area contributed by atoms with Crippen molar-refractivity contribution in [2.45, 2.75) is 70.4 Å². The van der Waals surface area contributed by atoms with Crippen LogP contribution in [0.4, 0.5) is 22.0 Å². The van der Waals surface area contributed by atoms with Gasteiger partial charge in [0.25, 0.3) is 0 Å². The number of unbranched alkanes of at least 4 members (excludes halogenated alkanes) is 6. The van der Waals surface area contributed by atoms with E-state index in [4.69, 9.17) is 0 Å². The highest BCUT2D eigenvalue weighted by atomic mass is 19.3. The van der Waals surface area contributed by atoms with Gasteiger partial charge in [0.05, 0.1) is 0 Å². The van der Waals surface area contributed by atoms with Crippen LogP contribution >= 0.6 is 0 Å². The first-order chi connectivity index (χ1) is 7.92. The van der Waals surface area contributed by atoms with Gasteiger partial charge in [0.1, 0.15) is 0 Å². The van der Waals surface area contributed by atoms with Crippen molar-refractivity contribution in [1.82, 2.24) is 0 Å². The molecule has 0 aromatic rings. The van der Waals surface area contributed by atoms with E-state index in [0.29, 0.717) is 6.42 Å². The normalized spacial score (nSPS) is 14.3. The van der Waals surface area contributed by atoms with E-state index in [1.165, 1.54) is 0 Å². The summed E-state index contributed by atoms with van der Waals surface area (Å²) in [6.07, 6.45) is -0.377. The molecule has 0 saturated carbocycles. The van der Waals surface area contributed by atoms with E-state index in [1.54, 1.807) is 0 Å². The summed E-state index contributed by atoms with van der Waals surface area (Å²) in [5.74, 6) is -4.58. The number of halogens is 5. The van der Waals surface area contributed by atoms with Gasteiger partial charge in [-0.3, -0.25) is 0 Å². The van der Waals surface area contributed by atoms with E-state index in [2.05, 4.69) is 6.92 Å². The van der Waals surface area contributed by atoms with E-state index < -0.39 is 24.9 Å². The van der Waals surface area contributed by atoms with Crippen LogP contribution in [0, 0.1) is 6.43 Å². The second-order valence-corrected chi connectivity index (χ2v) is 4.26. The van der Waals surface area contributed by atoms with E-state index in [-0.39, 0.29) is 6.42 Å². The molecule has 17 heavy (non-hydrogen) atoms. The third-order valence-corrected chi connectivity index (χ3v) is 2.71. The molecule has 1 atom stereocenters. The van der Waals surface area contributed by atoms with Gasteiger partial charge >= 0.3 is 12.3 Å². The van der Waals surface area contributed by atoms with Gasteiger partial charge in [0.15, 0.2) is 6.17 Å². The lowest BCUT2D eigenvalue weighted by Crippen LogP contribution is -2.33. The molecule has 0 saturated heterocycles. The molecule has 1 radical (unpaired) electrons. The highest BCUT2D eigenvalue weighted by Crippen LogP contribution is 2.36. The van der Waals surface area contributed by atoms with Crippen LogP contribution in [0.1, 0.15) is 58.3 Å². The first-order valence-electron chi connectivity index (χ1n) is 6.13. The Kier molecular flexibility index (Phi) is 8.52. The summed E-state index contributed by atoms with van der Waals surface area (Å²) in [6.45, 7) is 2.08. The maximum atomic E-state index is 12.8. The van der Waals surface area contributed by atoms with Gasteiger partial charge < -0.3 is 0 Å². The second-order valence-electron chi connectivity index (χ2n) is 4.26. The zero-order valence-electron chi connectivity index (χ0n) is 10.1. The molecule has 0 aromatic carbocycles. The summed E-state index contributed by atoms with van der Waals surface area (Å²) in [7, 11) is 0. The van der Waals surface area contributed by atoms with Gasteiger partial charge in [0.2, 0.25) is 0 Å². The molecule has 0 aliphatic heterocycles. The van der Waals surface area contributed by atoms with Crippen LogP contribution in [0.25, 0.3) is 0 Å². The van der Waals surface area contributed by atoms with Crippen LogP contribution in [0.2, 0.25) is 0 Å². The molecule has 0 heterocycles. The first-order valence-corrected chi connectivity index (χ1v) is 6.13. The molecule has 0 bridgehead atoms. The molecule has 0 aliphatic rings. The fraction of sp³-hybridized carbons (Fsp3) is 0.917. The molecular formula is C12H20F5. The van der Waals surface area contributed by atoms with E-state index in [1.807, 2.05) is 0 Å². The monoisotopic (exact) mass is 259 g/mol. The number of alkyl halides is 3. The molecule has 0 rings (SSSR count). The molecule has 0 aromatic heterocycles. The Balaban J connectivity index is 3.54. The predicted molar refractivity (Wildman–Crippen MR) is 57.9 cm³/mol. The fourth-order valence-electron chi connectivity index (χ4n) is 1.58. The molecule has 1 unspecified atom stereocenters. The van der Waals surface area contributed by atoms with Gasteiger partial charge in [0, 0.05) is 0 Å². The van der Waals surface area contributed by atoms with Crippen LogP contribution in [0.5, 0.6) is 0 Å². The minimum atomic E-state index is -4.58. The van der Waals surface area contributed by atoms with E-state index in [0.717, 1.165) is 32.1 Å². The maximum absolute atomic E-state index is 12.8. The number of hydrogen-bond acceptors (Lipinski definition) is 0. The summed E-state index contributed by atoms with van der Waals surface area (Å²) >= 11 is 0. The Morgan fingerprint density at radius 3 is 1.88 bits per heavy atom. The molecule has 0 N–H and O–H groups in total. The van der Waals surface area contributed by atoms with Crippen molar-refractivity contribution in [1.29, 1.82) is 0 Å². The molecule has 0 fully saturated rings. The standard InChI is InChI=1S/C12H20F5/c1-2-3-4-5-6-7-8-9-10(13)12(16,17)11(14)15/h10H,2-9H2,1H3. The van der Waals surface area contributed by atoms with E-state index >= 15 is 0 Å². The van der Waals surface area contributed by atoms with Gasteiger partial charge in [-0.25, -0.2) is 4.39 Å². The average molecular weight is 259 g/mol. The van der Waals surface area contributed by atoms with Crippen LogP contribution in [0.15, 0.2) is 0 Å². The fourth-order valence-corrected chi connectivity index (χ4v) is 1.58. The smallest absolute Gasteiger partial charge is 0.241 e. The highest BCUT2D eigenvalue weighted by Gasteiger charge is 2.50. The Hall–Kier alpha value is -0.350. The minimum absolute atomic E-state index is 0.232. The van der Waals surface area contributed by atoms with Crippen molar-refractivity contribution in [2.75, 3.05) is 0 Å². The zero-order valence-corrected chi connectivity index (χ0v) is 10.1. The second kappa shape index (κ2) is 8.70. The average Bonchev–Trinajstić information content (AvgIpc) is 2.27. The molecular weight excluding hydrogens is 239 g/mol. The van der Waals surface area contributed by atoms with Crippen LogP contribution in [-0.4, -0.2) is 12.1 Å². The summed E-state index contributed by atoms with van der Waals surface area (Å²) in [6, 6.07) is 0. The van der Waals surface area contributed by atoms with Crippen molar-refractivity contribution in [3.8, 4) is 0 Å². The summed E-state index contributed by atoms with van der Waals surface area (Å²) in [5, 5.41) is 0. The van der Waals surface area contributed by atoms with E-state index in [9.17, 15) is 22.0 Å². The van der Waals surface area contributed by atoms with Crippen molar-refractivity contribution in [3.63, 3.8) is 0 Å². The van der Waals surface area contributed by atoms with Gasteiger partial charge in [-0.05, 0) is 6.42 Å². The third kappa shape index (κ3) is 6.84. The lowest BCUT2D eigenvalue weighted by molar-refractivity contribution is -0.116. The maximum Gasteiger partial charge on any atom is 0.381 e. The largest absolute Gasteiger partial charge is 0.381 e. The zero-order chi connectivity index (χ0) is 13.3. The summed E-state index contributed by atoms with van der Waals surface area (Å²) in [5.41, 5.74) is 0. The number of rotatable bonds is 10. The van der Waals surface area contributed by atoms with Crippen molar-refractivity contribution in [2.24, 2.45) is 0 Å². The minimum Gasteiger partial charge on any atom is -0.241 e. The van der Waals surface area contributed by atoms with Crippen LogP contribution in [-0.2, 0) is 0 Å². The van der Waals surface area contributed by atoms with Gasteiger partial charge in [-0.2, -0.15) is 17.6 Å². The van der Waals surface area contributed by atoms with Crippen LogP contribution < -0.4 is 0 Å². The Morgan fingerprint density at radius 1 is 0.941 bits per heavy atom. The topological polar surface area (TPSA) is 0 Å². The number of hydrogen-bond donors (Lipinski definition) is 0. The lowest BCUT2D eigenvalue weighted by Gasteiger charge is -2.18. The van der Waals surface area contributed by atoms with Crippen molar-refractivity contribution in [3.05, 3.63) is 6.43 Å². The Morgan fingerprint density at radius 2 is 1.41 bits per heavy atom. The predicted octanol–water partition coefficient (Wildman–Crippen LogP) is 5.53. The molecule has 103 valence electrons. The third-order valence-electron chi connectivity index (χ3n) is 2.71. The quantitative estimate of drug-likeness (QED) is 0.357. The summed E-state index contributed by atoms with van der Waals surface area (Å²) in [4.78, 5) is 0. The van der Waals surface area contributed by atoms with Crippen molar-refractivity contribution >= 4 is 0 Å².